The summed E-state index contributed by atoms with van der Waals surface area (Å²) in [5.41, 5.74) is 1.97. The van der Waals surface area contributed by atoms with Crippen LogP contribution in [0.25, 0.3) is 0 Å². The highest BCUT2D eigenvalue weighted by atomic mass is 16.5. The minimum atomic E-state index is -0.0831. The van der Waals surface area contributed by atoms with Gasteiger partial charge in [-0.1, -0.05) is 19.4 Å². The van der Waals surface area contributed by atoms with Crippen molar-refractivity contribution < 1.29 is 9.53 Å². The van der Waals surface area contributed by atoms with Gasteiger partial charge in [0.2, 0.25) is 0 Å². The van der Waals surface area contributed by atoms with E-state index in [4.69, 9.17) is 4.74 Å². The molecule has 4 nitrogen and oxygen atoms in total. The van der Waals surface area contributed by atoms with E-state index in [0.29, 0.717) is 0 Å². The van der Waals surface area contributed by atoms with Crippen LogP contribution in [0, 0.1) is 11.8 Å². The molecule has 0 saturated heterocycles. The molecular formula is C17H24N2O2. The van der Waals surface area contributed by atoms with Crippen LogP contribution in [0.5, 0.6) is 5.75 Å². The van der Waals surface area contributed by atoms with Gasteiger partial charge in [-0.15, -0.1) is 0 Å². The van der Waals surface area contributed by atoms with E-state index in [1.807, 2.05) is 12.1 Å². The number of rotatable bonds is 4. The Hall–Kier alpha value is -1.55. The highest BCUT2D eigenvalue weighted by molar-refractivity contribution is 5.95. The summed E-state index contributed by atoms with van der Waals surface area (Å²) in [6.45, 7) is 5.70. The van der Waals surface area contributed by atoms with Gasteiger partial charge in [0.25, 0.3) is 5.91 Å². The molecule has 3 rings (SSSR count). The van der Waals surface area contributed by atoms with Crippen molar-refractivity contribution in [1.29, 1.82) is 0 Å². The molecule has 0 radical (unpaired) electrons. The number of ether oxygens (including phenoxy) is 1. The van der Waals surface area contributed by atoms with E-state index in [1.54, 1.807) is 0 Å². The third-order valence-corrected chi connectivity index (χ3v) is 4.65. The van der Waals surface area contributed by atoms with Gasteiger partial charge in [-0.05, 0) is 55.8 Å². The third-order valence-electron chi connectivity index (χ3n) is 4.65. The zero-order valence-corrected chi connectivity index (χ0v) is 12.8. The summed E-state index contributed by atoms with van der Waals surface area (Å²) in [5.74, 6) is 2.36. The average molecular weight is 288 g/mol. The molecule has 2 N–H and O–H groups in total. The van der Waals surface area contributed by atoms with Gasteiger partial charge in [-0.2, -0.15) is 0 Å². The first-order valence-corrected chi connectivity index (χ1v) is 7.92. The summed E-state index contributed by atoms with van der Waals surface area (Å²) in [5, 5.41) is 6.49. The van der Waals surface area contributed by atoms with Crippen molar-refractivity contribution in [2.45, 2.75) is 39.2 Å². The van der Waals surface area contributed by atoms with E-state index < -0.39 is 0 Å². The lowest BCUT2D eigenvalue weighted by Gasteiger charge is -2.22. The first kappa shape index (κ1) is 14.4. The second kappa shape index (κ2) is 6.06. The Morgan fingerprint density at radius 2 is 2.29 bits per heavy atom. The average Bonchev–Trinajstić information content (AvgIpc) is 2.89. The predicted octanol–water partition coefficient (Wildman–Crippen LogP) is 3.10. The van der Waals surface area contributed by atoms with Gasteiger partial charge in [0.1, 0.15) is 5.75 Å². The van der Waals surface area contributed by atoms with Gasteiger partial charge in [0.05, 0.1) is 5.69 Å². The third kappa shape index (κ3) is 3.38. The zero-order valence-electron chi connectivity index (χ0n) is 12.8. The number of anilines is 1. The molecule has 4 heteroatoms. The Balaban J connectivity index is 1.60. The SMILES string of the molecule is CC1CCC(CNC(C)c2ccc3c(c2)NC(=O)CO3)C1. The van der Waals surface area contributed by atoms with Crippen LogP contribution in [-0.2, 0) is 4.79 Å². The lowest BCUT2D eigenvalue weighted by molar-refractivity contribution is -0.118. The highest BCUT2D eigenvalue weighted by Gasteiger charge is 2.22. The summed E-state index contributed by atoms with van der Waals surface area (Å²) in [4.78, 5) is 11.4. The fraction of sp³-hybridized carbons (Fsp3) is 0.588. The molecule has 1 amide bonds. The first-order valence-electron chi connectivity index (χ1n) is 7.92. The van der Waals surface area contributed by atoms with Gasteiger partial charge < -0.3 is 15.4 Å². The maximum absolute atomic E-state index is 11.4. The summed E-state index contributed by atoms with van der Waals surface area (Å²) >= 11 is 0. The lowest BCUT2D eigenvalue weighted by Crippen LogP contribution is -2.27. The Morgan fingerprint density at radius 1 is 1.43 bits per heavy atom. The number of amides is 1. The number of nitrogens with one attached hydrogen (secondary N) is 2. The van der Waals surface area contributed by atoms with Crippen LogP contribution < -0.4 is 15.4 Å². The van der Waals surface area contributed by atoms with Crippen molar-refractivity contribution in [1.82, 2.24) is 5.32 Å². The van der Waals surface area contributed by atoms with E-state index in [1.165, 1.54) is 24.8 Å². The van der Waals surface area contributed by atoms with Crippen LogP contribution in [0.1, 0.15) is 44.7 Å². The second-order valence-corrected chi connectivity index (χ2v) is 6.51. The molecule has 0 aromatic heterocycles. The summed E-state index contributed by atoms with van der Waals surface area (Å²) in [6.07, 6.45) is 4.05. The fourth-order valence-electron chi connectivity index (χ4n) is 3.34. The number of hydrogen-bond donors (Lipinski definition) is 2. The first-order chi connectivity index (χ1) is 10.1. The number of carbonyl (C=O) groups is 1. The Labute approximate surface area is 126 Å². The van der Waals surface area contributed by atoms with Crippen molar-refractivity contribution in [3.05, 3.63) is 23.8 Å². The predicted molar refractivity (Wildman–Crippen MR) is 83.5 cm³/mol. The fourth-order valence-corrected chi connectivity index (χ4v) is 3.34. The van der Waals surface area contributed by atoms with Crippen molar-refractivity contribution in [3.63, 3.8) is 0 Å². The van der Waals surface area contributed by atoms with Crippen LogP contribution >= 0.6 is 0 Å². The largest absolute Gasteiger partial charge is 0.482 e. The summed E-state index contributed by atoms with van der Waals surface area (Å²) in [6, 6.07) is 6.32. The molecule has 2 aliphatic rings. The van der Waals surface area contributed by atoms with E-state index in [2.05, 4.69) is 30.5 Å². The molecule has 1 aliphatic carbocycles. The Morgan fingerprint density at radius 3 is 3.05 bits per heavy atom. The number of benzene rings is 1. The van der Waals surface area contributed by atoms with Crippen LogP contribution in [0.4, 0.5) is 5.69 Å². The van der Waals surface area contributed by atoms with E-state index in [0.717, 1.165) is 29.8 Å². The van der Waals surface area contributed by atoms with Crippen LogP contribution in [0.2, 0.25) is 0 Å². The molecular weight excluding hydrogens is 264 g/mol. The molecule has 114 valence electrons. The zero-order chi connectivity index (χ0) is 14.8. The number of hydrogen-bond acceptors (Lipinski definition) is 3. The monoisotopic (exact) mass is 288 g/mol. The molecule has 0 spiro atoms. The summed E-state index contributed by atoms with van der Waals surface area (Å²) in [7, 11) is 0. The molecule has 1 aromatic carbocycles. The van der Waals surface area contributed by atoms with Crippen LogP contribution in [-0.4, -0.2) is 19.1 Å². The lowest BCUT2D eigenvalue weighted by atomic mass is 10.0. The van der Waals surface area contributed by atoms with Gasteiger partial charge >= 0.3 is 0 Å². The highest BCUT2D eigenvalue weighted by Crippen LogP contribution is 2.32. The Kier molecular flexibility index (Phi) is 4.15. The van der Waals surface area contributed by atoms with Crippen molar-refractivity contribution in [2.24, 2.45) is 11.8 Å². The molecule has 3 unspecified atom stereocenters. The molecule has 21 heavy (non-hydrogen) atoms. The Bertz CT molecular complexity index is 530. The van der Waals surface area contributed by atoms with Gasteiger partial charge in [0.15, 0.2) is 6.61 Å². The number of carbonyl (C=O) groups excluding carboxylic acids is 1. The van der Waals surface area contributed by atoms with Crippen LogP contribution in [0.3, 0.4) is 0 Å². The standard InChI is InChI=1S/C17H24N2O2/c1-11-3-4-13(7-11)9-18-12(2)14-5-6-16-15(8-14)19-17(20)10-21-16/h5-6,8,11-13,18H,3-4,7,9-10H2,1-2H3,(H,19,20). The maximum Gasteiger partial charge on any atom is 0.262 e. The van der Waals surface area contributed by atoms with Crippen molar-refractivity contribution in [3.8, 4) is 5.75 Å². The molecule has 0 bridgehead atoms. The molecule has 1 heterocycles. The van der Waals surface area contributed by atoms with Gasteiger partial charge in [0, 0.05) is 6.04 Å². The van der Waals surface area contributed by atoms with E-state index in [9.17, 15) is 4.79 Å². The molecule has 1 aliphatic heterocycles. The smallest absolute Gasteiger partial charge is 0.262 e. The minimum absolute atomic E-state index is 0.0831. The minimum Gasteiger partial charge on any atom is -0.482 e. The molecule has 1 aromatic rings. The number of fused-ring (bicyclic) bond motifs is 1. The topological polar surface area (TPSA) is 50.4 Å². The van der Waals surface area contributed by atoms with Crippen molar-refractivity contribution >= 4 is 11.6 Å². The normalized spacial score (nSPS) is 25.9. The molecule has 1 saturated carbocycles. The molecule has 1 fully saturated rings. The van der Waals surface area contributed by atoms with Crippen LogP contribution in [0.15, 0.2) is 18.2 Å². The van der Waals surface area contributed by atoms with Gasteiger partial charge in [-0.3, -0.25) is 4.79 Å². The maximum atomic E-state index is 11.4. The van der Waals surface area contributed by atoms with E-state index >= 15 is 0 Å². The quantitative estimate of drug-likeness (QED) is 0.895. The second-order valence-electron chi connectivity index (χ2n) is 6.51. The molecule has 3 atom stereocenters. The summed E-state index contributed by atoms with van der Waals surface area (Å²) < 4.78 is 5.39. The van der Waals surface area contributed by atoms with Crippen molar-refractivity contribution in [2.75, 3.05) is 18.5 Å². The van der Waals surface area contributed by atoms with E-state index in [-0.39, 0.29) is 18.6 Å². The van der Waals surface area contributed by atoms with Gasteiger partial charge in [-0.25, -0.2) is 0 Å².